The first kappa shape index (κ1) is 23.3. The number of hydrogen-bond acceptors (Lipinski definition) is 6. The number of carbonyl (C=O) groups excluding carboxylic acids is 3. The van der Waals surface area contributed by atoms with E-state index in [0.29, 0.717) is 23.4 Å². The average Bonchev–Trinajstić information content (AvgIpc) is 2.74. The van der Waals surface area contributed by atoms with Crippen LogP contribution >= 0.6 is 11.6 Å². The number of ether oxygens (including phenoxy) is 2. The number of benzene rings is 1. The molecule has 30 heavy (non-hydrogen) atoms. The molecule has 0 aromatic heterocycles. The van der Waals surface area contributed by atoms with Crippen LogP contribution in [0.3, 0.4) is 0 Å². The molecule has 1 aromatic carbocycles. The topological polar surface area (TPSA) is 85.3 Å². The van der Waals surface area contributed by atoms with E-state index >= 15 is 0 Å². The quantitative estimate of drug-likeness (QED) is 0.209. The van der Waals surface area contributed by atoms with E-state index in [0.717, 1.165) is 12.8 Å². The van der Waals surface area contributed by atoms with Gasteiger partial charge >= 0.3 is 12.1 Å². The Morgan fingerprint density at radius 3 is 2.67 bits per heavy atom. The Kier molecular flexibility index (Phi) is 8.35. The van der Waals surface area contributed by atoms with Crippen molar-refractivity contribution in [1.82, 2.24) is 4.90 Å². The van der Waals surface area contributed by atoms with Crippen molar-refractivity contribution >= 4 is 35.7 Å². The molecule has 0 heterocycles. The van der Waals surface area contributed by atoms with Crippen LogP contribution in [-0.4, -0.2) is 42.8 Å². The summed E-state index contributed by atoms with van der Waals surface area (Å²) < 4.78 is 10.1. The molecule has 160 valence electrons. The molecule has 0 radical (unpaired) electrons. The lowest BCUT2D eigenvalue weighted by Crippen LogP contribution is -2.54. The van der Waals surface area contributed by atoms with Crippen LogP contribution in [0.1, 0.15) is 38.2 Å². The van der Waals surface area contributed by atoms with Gasteiger partial charge in [0.15, 0.2) is 5.78 Å². The lowest BCUT2D eigenvalue weighted by atomic mass is 9.74. The van der Waals surface area contributed by atoms with Gasteiger partial charge in [-0.05, 0) is 32.3 Å². The zero-order valence-corrected chi connectivity index (χ0v) is 17.9. The number of Topliss-reactive ketones (excluding diaryl/α,β-unsaturated/α-hetero) is 1. The second-order valence-electron chi connectivity index (χ2n) is 6.69. The van der Waals surface area contributed by atoms with E-state index in [2.05, 4.69) is 11.6 Å². The van der Waals surface area contributed by atoms with Crippen LogP contribution in [0.15, 0.2) is 53.7 Å². The normalized spacial score (nSPS) is 19.4. The molecule has 8 heteroatoms. The molecule has 2 rings (SSSR count). The summed E-state index contributed by atoms with van der Waals surface area (Å²) in [5.41, 5.74) is -0.547. The molecule has 1 unspecified atom stereocenters. The summed E-state index contributed by atoms with van der Waals surface area (Å²) in [4.78, 5) is 42.8. The van der Waals surface area contributed by atoms with Crippen LogP contribution in [0.5, 0.6) is 0 Å². The standard InChI is InChI=1S/C22H25ClN2O5/c1-4-16(14-24-5-2)20(27)29-15-30-21(28)25(3)22(13-9-8-12-19(22)26)17-10-6-7-11-18(17)23/h4-7,10-11,14H,1,8-9,12-13,15H2,2-3H3/b16-14-,24-5?. The van der Waals surface area contributed by atoms with Crippen LogP contribution in [0.25, 0.3) is 0 Å². The maximum absolute atomic E-state index is 13.0. The molecule has 0 spiro atoms. The van der Waals surface area contributed by atoms with Crippen LogP contribution in [0.2, 0.25) is 5.02 Å². The predicted octanol–water partition coefficient (Wildman–Crippen LogP) is 4.41. The van der Waals surface area contributed by atoms with Gasteiger partial charge in [0.05, 0.1) is 5.57 Å². The molecule has 1 aliphatic carbocycles. The number of hydrogen-bond donors (Lipinski definition) is 0. The molecular weight excluding hydrogens is 408 g/mol. The van der Waals surface area contributed by atoms with Gasteiger partial charge < -0.3 is 9.47 Å². The molecular formula is C22H25ClN2O5. The Morgan fingerprint density at radius 2 is 2.03 bits per heavy atom. The van der Waals surface area contributed by atoms with Gasteiger partial charge in [0.25, 0.3) is 0 Å². The van der Waals surface area contributed by atoms with E-state index in [-0.39, 0.29) is 11.4 Å². The number of likely N-dealkylation sites (N-methyl/N-ethyl adjacent to an activating group) is 1. The van der Waals surface area contributed by atoms with Crippen LogP contribution in [0, 0.1) is 0 Å². The summed E-state index contributed by atoms with van der Waals surface area (Å²) in [6, 6.07) is 6.96. The number of aliphatic imine (C=N–C) groups is 1. The predicted molar refractivity (Wildman–Crippen MR) is 114 cm³/mol. The molecule has 1 amide bonds. The minimum absolute atomic E-state index is 0.104. The maximum atomic E-state index is 13.0. The highest BCUT2D eigenvalue weighted by Crippen LogP contribution is 2.42. The highest BCUT2D eigenvalue weighted by molar-refractivity contribution is 6.31. The van der Waals surface area contributed by atoms with Crippen molar-refractivity contribution in [3.63, 3.8) is 0 Å². The van der Waals surface area contributed by atoms with Crippen LogP contribution in [-0.2, 0) is 24.6 Å². The molecule has 7 nitrogen and oxygen atoms in total. The third-order valence-electron chi connectivity index (χ3n) is 5.01. The van der Waals surface area contributed by atoms with Crippen molar-refractivity contribution in [2.75, 3.05) is 13.8 Å². The summed E-state index contributed by atoms with van der Waals surface area (Å²) in [7, 11) is 1.49. The van der Waals surface area contributed by atoms with E-state index in [1.165, 1.54) is 30.4 Å². The Hall–Kier alpha value is -2.93. The number of esters is 1. The first-order valence-electron chi connectivity index (χ1n) is 9.55. The van der Waals surface area contributed by atoms with Crippen molar-refractivity contribution in [3.05, 3.63) is 59.3 Å². The van der Waals surface area contributed by atoms with Gasteiger partial charge in [-0.3, -0.25) is 14.7 Å². The molecule has 1 aliphatic rings. The fraction of sp³-hybridized carbons (Fsp3) is 0.364. The monoisotopic (exact) mass is 432 g/mol. The van der Waals surface area contributed by atoms with E-state index in [1.807, 2.05) is 0 Å². The Bertz CT molecular complexity index is 880. The third kappa shape index (κ3) is 4.97. The molecule has 1 aromatic rings. The summed E-state index contributed by atoms with van der Waals surface area (Å²) >= 11 is 6.37. The van der Waals surface area contributed by atoms with Gasteiger partial charge in [0.1, 0.15) is 5.54 Å². The number of carbonyl (C=O) groups is 3. The zero-order chi connectivity index (χ0) is 22.1. The van der Waals surface area contributed by atoms with Gasteiger partial charge in [0, 0.05) is 36.5 Å². The fourth-order valence-electron chi connectivity index (χ4n) is 3.44. The third-order valence-corrected chi connectivity index (χ3v) is 5.34. The highest BCUT2D eigenvalue weighted by atomic mass is 35.5. The van der Waals surface area contributed by atoms with E-state index in [9.17, 15) is 14.4 Å². The molecule has 1 saturated carbocycles. The largest absolute Gasteiger partial charge is 0.424 e. The summed E-state index contributed by atoms with van der Waals surface area (Å²) in [5, 5.41) is 0.399. The Labute approximate surface area is 181 Å². The van der Waals surface area contributed by atoms with Crippen molar-refractivity contribution < 1.29 is 23.9 Å². The minimum atomic E-state index is -1.22. The second-order valence-corrected chi connectivity index (χ2v) is 7.09. The van der Waals surface area contributed by atoms with Crippen LogP contribution in [0.4, 0.5) is 4.79 Å². The van der Waals surface area contributed by atoms with Gasteiger partial charge in [0.2, 0.25) is 6.79 Å². The first-order valence-corrected chi connectivity index (χ1v) is 9.92. The summed E-state index contributed by atoms with van der Waals surface area (Å²) in [6.45, 7) is 4.60. The minimum Gasteiger partial charge on any atom is -0.424 e. The highest BCUT2D eigenvalue weighted by Gasteiger charge is 2.48. The second kappa shape index (κ2) is 10.7. The smallest absolute Gasteiger partial charge is 0.413 e. The first-order chi connectivity index (χ1) is 14.4. The summed E-state index contributed by atoms with van der Waals surface area (Å²) in [6.07, 6.45) is 5.56. The molecule has 0 saturated heterocycles. The van der Waals surface area contributed by atoms with E-state index in [4.69, 9.17) is 21.1 Å². The Balaban J connectivity index is 2.15. The summed E-state index contributed by atoms with van der Waals surface area (Å²) in [5.74, 6) is -0.840. The van der Waals surface area contributed by atoms with Crippen molar-refractivity contribution in [3.8, 4) is 0 Å². The van der Waals surface area contributed by atoms with Gasteiger partial charge in [-0.2, -0.15) is 0 Å². The molecule has 1 atom stereocenters. The molecule has 0 aliphatic heterocycles. The van der Waals surface area contributed by atoms with Crippen molar-refractivity contribution in [2.24, 2.45) is 4.99 Å². The lowest BCUT2D eigenvalue weighted by molar-refractivity contribution is -0.148. The molecule has 0 N–H and O–H groups in total. The number of amides is 1. The van der Waals surface area contributed by atoms with E-state index < -0.39 is 24.4 Å². The zero-order valence-electron chi connectivity index (χ0n) is 17.1. The number of rotatable bonds is 7. The Morgan fingerprint density at radius 1 is 1.30 bits per heavy atom. The fourth-order valence-corrected chi connectivity index (χ4v) is 3.73. The number of ketones is 1. The van der Waals surface area contributed by atoms with Gasteiger partial charge in [-0.1, -0.05) is 42.5 Å². The van der Waals surface area contributed by atoms with Crippen molar-refractivity contribution in [2.45, 2.75) is 38.1 Å². The van der Waals surface area contributed by atoms with Crippen LogP contribution < -0.4 is 0 Å². The van der Waals surface area contributed by atoms with Crippen molar-refractivity contribution in [1.29, 1.82) is 0 Å². The SMILES string of the molecule is C=C/C(=C/N=CC)C(=O)OCOC(=O)N(C)C1(c2ccccc2Cl)CCCCC1=O. The lowest BCUT2D eigenvalue weighted by Gasteiger charge is -2.43. The van der Waals surface area contributed by atoms with Gasteiger partial charge in [-0.15, -0.1) is 0 Å². The van der Waals surface area contributed by atoms with Gasteiger partial charge in [-0.25, -0.2) is 9.59 Å². The molecule has 1 fully saturated rings. The number of halogens is 1. The molecule has 0 bridgehead atoms. The van der Waals surface area contributed by atoms with E-state index in [1.54, 1.807) is 31.2 Å². The number of nitrogens with zero attached hydrogens (tertiary/aromatic N) is 2. The maximum Gasteiger partial charge on any atom is 0.413 e. The average molecular weight is 433 g/mol.